The molecule has 26 heavy (non-hydrogen) atoms. The highest BCUT2D eigenvalue weighted by molar-refractivity contribution is 6.31. The SMILES string of the molecule is COc1ccc(C(C)(C)C)cc1NC(=O)c1cc(Cl)ccc1OC(C)=O. The van der Waals surface area contributed by atoms with E-state index in [1.165, 1.54) is 26.2 Å². The predicted octanol–water partition coefficient (Wildman–Crippen LogP) is 4.82. The number of carbonyl (C=O) groups is 2. The van der Waals surface area contributed by atoms with Gasteiger partial charge in [0.1, 0.15) is 11.5 Å². The smallest absolute Gasteiger partial charge is 0.308 e. The van der Waals surface area contributed by atoms with Gasteiger partial charge in [-0.25, -0.2) is 0 Å². The third-order valence-electron chi connectivity index (χ3n) is 3.75. The molecule has 138 valence electrons. The molecule has 0 aromatic heterocycles. The first kappa shape index (κ1) is 19.8. The highest BCUT2D eigenvalue weighted by Gasteiger charge is 2.19. The molecule has 1 amide bonds. The van der Waals surface area contributed by atoms with Gasteiger partial charge in [-0.2, -0.15) is 0 Å². The molecule has 0 saturated heterocycles. The Morgan fingerprint density at radius 3 is 2.27 bits per heavy atom. The Morgan fingerprint density at radius 2 is 1.69 bits per heavy atom. The molecule has 0 aliphatic rings. The third kappa shape index (κ3) is 4.76. The van der Waals surface area contributed by atoms with Gasteiger partial charge in [0, 0.05) is 11.9 Å². The quantitative estimate of drug-likeness (QED) is 0.614. The fraction of sp³-hybridized carbons (Fsp3) is 0.300. The van der Waals surface area contributed by atoms with Crippen LogP contribution < -0.4 is 14.8 Å². The zero-order valence-electron chi connectivity index (χ0n) is 15.5. The molecular weight excluding hydrogens is 354 g/mol. The van der Waals surface area contributed by atoms with E-state index in [0.717, 1.165) is 5.56 Å². The Kier molecular flexibility index (Phi) is 5.93. The number of anilines is 1. The number of ether oxygens (including phenoxy) is 2. The van der Waals surface area contributed by atoms with Crippen molar-refractivity contribution in [1.29, 1.82) is 0 Å². The Hall–Kier alpha value is -2.53. The summed E-state index contributed by atoms with van der Waals surface area (Å²) in [6, 6.07) is 10.1. The van der Waals surface area contributed by atoms with Gasteiger partial charge in [-0.05, 0) is 41.3 Å². The standard InChI is InChI=1S/C20H22ClNO4/c1-12(23)26-17-9-7-14(21)11-15(17)19(24)22-16-10-13(20(2,3)4)6-8-18(16)25-5/h6-11H,1-5H3,(H,22,24). The fourth-order valence-electron chi connectivity index (χ4n) is 2.39. The van der Waals surface area contributed by atoms with Gasteiger partial charge in [-0.1, -0.05) is 38.4 Å². The number of hydrogen-bond acceptors (Lipinski definition) is 4. The second-order valence-electron chi connectivity index (χ2n) is 6.85. The summed E-state index contributed by atoms with van der Waals surface area (Å²) in [6.07, 6.45) is 0. The van der Waals surface area contributed by atoms with E-state index in [2.05, 4.69) is 26.1 Å². The number of amides is 1. The lowest BCUT2D eigenvalue weighted by molar-refractivity contribution is -0.131. The number of esters is 1. The van der Waals surface area contributed by atoms with Crippen LogP contribution in [-0.2, 0) is 10.2 Å². The zero-order chi connectivity index (χ0) is 19.5. The first-order valence-electron chi connectivity index (χ1n) is 8.09. The molecule has 0 saturated carbocycles. The summed E-state index contributed by atoms with van der Waals surface area (Å²) >= 11 is 6.00. The molecule has 5 nitrogen and oxygen atoms in total. The molecule has 0 fully saturated rings. The first-order valence-corrected chi connectivity index (χ1v) is 8.47. The molecule has 1 N–H and O–H groups in total. The van der Waals surface area contributed by atoms with Crippen molar-refractivity contribution in [1.82, 2.24) is 0 Å². The third-order valence-corrected chi connectivity index (χ3v) is 3.99. The Balaban J connectivity index is 2.41. The van der Waals surface area contributed by atoms with Crippen molar-refractivity contribution in [3.8, 4) is 11.5 Å². The summed E-state index contributed by atoms with van der Waals surface area (Å²) in [7, 11) is 1.53. The molecule has 0 heterocycles. The van der Waals surface area contributed by atoms with Crippen LogP contribution in [-0.4, -0.2) is 19.0 Å². The van der Waals surface area contributed by atoms with Crippen LogP contribution in [0, 0.1) is 0 Å². The van der Waals surface area contributed by atoms with Crippen molar-refractivity contribution in [3.05, 3.63) is 52.5 Å². The molecule has 0 aliphatic carbocycles. The topological polar surface area (TPSA) is 64.6 Å². The van der Waals surface area contributed by atoms with E-state index < -0.39 is 11.9 Å². The summed E-state index contributed by atoms with van der Waals surface area (Å²) in [5, 5.41) is 3.18. The summed E-state index contributed by atoms with van der Waals surface area (Å²) < 4.78 is 10.4. The normalized spacial score (nSPS) is 11.0. The molecule has 2 rings (SSSR count). The first-order chi connectivity index (χ1) is 12.1. The predicted molar refractivity (Wildman–Crippen MR) is 102 cm³/mol. The van der Waals surface area contributed by atoms with Gasteiger partial charge in [0.2, 0.25) is 0 Å². The van der Waals surface area contributed by atoms with E-state index in [1.807, 2.05) is 12.1 Å². The van der Waals surface area contributed by atoms with E-state index in [4.69, 9.17) is 21.1 Å². The fourth-order valence-corrected chi connectivity index (χ4v) is 2.56. The summed E-state index contributed by atoms with van der Waals surface area (Å²) in [4.78, 5) is 24.1. The van der Waals surface area contributed by atoms with Crippen molar-refractivity contribution in [2.24, 2.45) is 0 Å². The minimum absolute atomic E-state index is 0.0926. The Labute approximate surface area is 158 Å². The summed E-state index contributed by atoms with van der Waals surface area (Å²) in [5.74, 6) is -0.297. The van der Waals surface area contributed by atoms with E-state index in [-0.39, 0.29) is 16.7 Å². The highest BCUT2D eigenvalue weighted by atomic mass is 35.5. The van der Waals surface area contributed by atoms with Crippen LogP contribution in [0.1, 0.15) is 43.6 Å². The van der Waals surface area contributed by atoms with Gasteiger partial charge >= 0.3 is 5.97 Å². The number of halogens is 1. The number of nitrogens with one attached hydrogen (secondary N) is 1. The van der Waals surface area contributed by atoms with Crippen LogP contribution in [0.3, 0.4) is 0 Å². The molecule has 0 aliphatic heterocycles. The molecular formula is C20H22ClNO4. The van der Waals surface area contributed by atoms with Crippen molar-refractivity contribution in [3.63, 3.8) is 0 Å². The molecule has 0 bridgehead atoms. The average molecular weight is 376 g/mol. The van der Waals surface area contributed by atoms with E-state index in [1.54, 1.807) is 12.1 Å². The van der Waals surface area contributed by atoms with Crippen molar-refractivity contribution < 1.29 is 19.1 Å². The highest BCUT2D eigenvalue weighted by Crippen LogP contribution is 2.32. The van der Waals surface area contributed by atoms with Gasteiger partial charge in [-0.3, -0.25) is 9.59 Å². The van der Waals surface area contributed by atoms with Gasteiger partial charge in [0.05, 0.1) is 18.4 Å². The molecule has 2 aromatic rings. The average Bonchev–Trinajstić information content (AvgIpc) is 2.55. The largest absolute Gasteiger partial charge is 0.495 e. The van der Waals surface area contributed by atoms with Gasteiger partial charge in [0.25, 0.3) is 5.91 Å². The van der Waals surface area contributed by atoms with Crippen molar-refractivity contribution in [2.75, 3.05) is 12.4 Å². The van der Waals surface area contributed by atoms with E-state index in [9.17, 15) is 9.59 Å². The van der Waals surface area contributed by atoms with Gasteiger partial charge in [0.15, 0.2) is 0 Å². The number of carbonyl (C=O) groups excluding carboxylic acids is 2. The Morgan fingerprint density at radius 1 is 1.04 bits per heavy atom. The number of benzene rings is 2. The molecule has 0 unspecified atom stereocenters. The molecule has 2 aromatic carbocycles. The minimum atomic E-state index is -0.520. The summed E-state index contributed by atoms with van der Waals surface area (Å²) in [6.45, 7) is 7.51. The zero-order valence-corrected chi connectivity index (χ0v) is 16.2. The molecule has 6 heteroatoms. The van der Waals surface area contributed by atoms with Gasteiger partial charge < -0.3 is 14.8 Å². The lowest BCUT2D eigenvalue weighted by atomic mass is 9.87. The van der Waals surface area contributed by atoms with E-state index in [0.29, 0.717) is 16.5 Å². The van der Waals surface area contributed by atoms with Crippen molar-refractivity contribution >= 4 is 29.2 Å². The summed E-state index contributed by atoms with van der Waals surface area (Å²) in [5.41, 5.74) is 1.64. The second-order valence-corrected chi connectivity index (χ2v) is 7.29. The minimum Gasteiger partial charge on any atom is -0.495 e. The monoisotopic (exact) mass is 375 g/mol. The molecule has 0 atom stereocenters. The number of rotatable bonds is 4. The lowest BCUT2D eigenvalue weighted by Crippen LogP contribution is -2.17. The maximum atomic E-state index is 12.8. The lowest BCUT2D eigenvalue weighted by Gasteiger charge is -2.21. The van der Waals surface area contributed by atoms with Crippen molar-refractivity contribution in [2.45, 2.75) is 33.1 Å². The van der Waals surface area contributed by atoms with Crippen LogP contribution in [0.4, 0.5) is 5.69 Å². The Bertz CT molecular complexity index is 840. The van der Waals surface area contributed by atoms with Crippen LogP contribution in [0.15, 0.2) is 36.4 Å². The number of methoxy groups -OCH3 is 1. The molecule has 0 radical (unpaired) electrons. The van der Waals surface area contributed by atoms with Gasteiger partial charge in [-0.15, -0.1) is 0 Å². The maximum absolute atomic E-state index is 12.8. The molecule has 0 spiro atoms. The van der Waals surface area contributed by atoms with Crippen LogP contribution >= 0.6 is 11.6 Å². The number of hydrogen-bond donors (Lipinski definition) is 1. The van der Waals surface area contributed by atoms with Crippen LogP contribution in [0.25, 0.3) is 0 Å². The van der Waals surface area contributed by atoms with Crippen LogP contribution in [0.5, 0.6) is 11.5 Å². The van der Waals surface area contributed by atoms with Crippen LogP contribution in [0.2, 0.25) is 5.02 Å². The maximum Gasteiger partial charge on any atom is 0.308 e. The second kappa shape index (κ2) is 7.79. The van der Waals surface area contributed by atoms with E-state index >= 15 is 0 Å².